The molecule has 1 aliphatic rings. The Hall–Kier alpha value is -2.84. The van der Waals surface area contributed by atoms with Gasteiger partial charge in [-0.15, -0.1) is 0 Å². The quantitative estimate of drug-likeness (QED) is 0.756. The highest BCUT2D eigenvalue weighted by molar-refractivity contribution is 5.74. The van der Waals surface area contributed by atoms with Crippen LogP contribution in [0.4, 0.5) is 13.6 Å². The highest BCUT2D eigenvalue weighted by atomic mass is 19.3. The number of nitrogens with zero attached hydrogens (tertiary/aromatic N) is 2. The van der Waals surface area contributed by atoms with E-state index >= 15 is 0 Å². The number of urea groups is 1. The lowest BCUT2D eigenvalue weighted by Crippen LogP contribution is -2.44. The van der Waals surface area contributed by atoms with E-state index < -0.39 is 6.61 Å². The molecule has 2 aromatic rings. The fourth-order valence-corrected chi connectivity index (χ4v) is 3.28. The zero-order chi connectivity index (χ0) is 20.1. The number of fused-ring (bicyclic) bond motifs is 1. The number of hydrogen-bond donors (Lipinski definition) is 2. The highest BCUT2D eigenvalue weighted by Crippen LogP contribution is 2.30. The van der Waals surface area contributed by atoms with Crippen molar-refractivity contribution in [2.45, 2.75) is 45.4 Å². The molecular weight excluding hydrogens is 370 g/mol. The first kappa shape index (κ1) is 19.9. The number of rotatable bonds is 7. The maximum Gasteiger partial charge on any atom is 0.387 e. The molecule has 0 bridgehead atoms. The second-order valence-electron chi connectivity index (χ2n) is 6.71. The van der Waals surface area contributed by atoms with Crippen LogP contribution in [0.25, 0.3) is 0 Å². The van der Waals surface area contributed by atoms with Gasteiger partial charge in [-0.25, -0.2) is 4.79 Å². The lowest BCUT2D eigenvalue weighted by molar-refractivity contribution is -0.0514. The number of hydrogen-bond acceptors (Lipinski definition) is 4. The van der Waals surface area contributed by atoms with E-state index in [1.165, 1.54) is 6.07 Å². The number of H-pyrrole nitrogens is 1. The summed E-state index contributed by atoms with van der Waals surface area (Å²) in [6, 6.07) is 4.55. The van der Waals surface area contributed by atoms with E-state index in [-0.39, 0.29) is 23.6 Å². The second kappa shape index (κ2) is 8.90. The van der Waals surface area contributed by atoms with Crippen molar-refractivity contribution in [2.24, 2.45) is 0 Å². The number of aromatic amines is 1. The normalized spacial score (nSPS) is 15.8. The van der Waals surface area contributed by atoms with Gasteiger partial charge in [0.2, 0.25) is 0 Å². The van der Waals surface area contributed by atoms with Gasteiger partial charge in [-0.3, -0.25) is 5.10 Å². The number of amides is 2. The Labute approximate surface area is 162 Å². The molecule has 1 heterocycles. The fraction of sp³-hybridized carbons (Fsp3) is 0.474. The molecule has 7 nitrogen and oxygen atoms in total. The second-order valence-corrected chi connectivity index (χ2v) is 6.71. The van der Waals surface area contributed by atoms with E-state index in [4.69, 9.17) is 4.74 Å². The maximum absolute atomic E-state index is 12.5. The first-order valence-corrected chi connectivity index (χ1v) is 9.19. The number of carbonyl (C=O) groups excluding carboxylic acids is 1. The monoisotopic (exact) mass is 394 g/mol. The van der Waals surface area contributed by atoms with Crippen molar-refractivity contribution in [1.29, 1.82) is 0 Å². The third kappa shape index (κ3) is 4.90. The van der Waals surface area contributed by atoms with Gasteiger partial charge in [0.25, 0.3) is 0 Å². The molecule has 1 atom stereocenters. The van der Waals surface area contributed by atoms with E-state index in [2.05, 4.69) is 20.3 Å². The van der Waals surface area contributed by atoms with Gasteiger partial charge in [-0.1, -0.05) is 6.07 Å². The van der Waals surface area contributed by atoms with Gasteiger partial charge in [-0.2, -0.15) is 13.9 Å². The van der Waals surface area contributed by atoms with Gasteiger partial charge >= 0.3 is 12.6 Å². The van der Waals surface area contributed by atoms with Crippen LogP contribution in [-0.4, -0.2) is 47.4 Å². The molecule has 1 aromatic carbocycles. The minimum Gasteiger partial charge on any atom is -0.490 e. The summed E-state index contributed by atoms with van der Waals surface area (Å²) in [5, 5.41) is 10.1. The number of ether oxygens (including phenoxy) is 2. The molecule has 1 aliphatic carbocycles. The topological polar surface area (TPSA) is 79.5 Å². The molecule has 0 radical (unpaired) electrons. The molecule has 2 amide bonds. The Kier molecular flexibility index (Phi) is 6.33. The predicted molar refractivity (Wildman–Crippen MR) is 98.6 cm³/mol. The Morgan fingerprint density at radius 2 is 2.25 bits per heavy atom. The van der Waals surface area contributed by atoms with Gasteiger partial charge in [0.05, 0.1) is 12.8 Å². The van der Waals surface area contributed by atoms with Gasteiger partial charge in [0.15, 0.2) is 11.5 Å². The van der Waals surface area contributed by atoms with Crippen LogP contribution in [0.1, 0.15) is 30.2 Å². The number of nitrogens with one attached hydrogen (secondary N) is 2. The summed E-state index contributed by atoms with van der Waals surface area (Å²) in [6.45, 7) is -0.542. The van der Waals surface area contributed by atoms with Gasteiger partial charge < -0.3 is 19.7 Å². The number of aromatic nitrogens is 2. The third-order valence-electron chi connectivity index (χ3n) is 4.63. The van der Waals surface area contributed by atoms with E-state index in [0.29, 0.717) is 13.2 Å². The average molecular weight is 394 g/mol. The summed E-state index contributed by atoms with van der Waals surface area (Å²) in [5.41, 5.74) is 3.02. The van der Waals surface area contributed by atoms with Crippen LogP contribution < -0.4 is 14.8 Å². The van der Waals surface area contributed by atoms with Crippen LogP contribution in [-0.2, 0) is 19.4 Å². The SMILES string of the molecule is CCOc1cc(CN(C)C(=O)NC2CCc3[nH]ncc3C2)ccc1OC(F)F. The smallest absolute Gasteiger partial charge is 0.387 e. The van der Waals surface area contributed by atoms with E-state index in [1.54, 1.807) is 37.2 Å². The molecule has 2 N–H and O–H groups in total. The minimum atomic E-state index is -2.93. The molecule has 9 heteroatoms. The summed E-state index contributed by atoms with van der Waals surface area (Å²) in [4.78, 5) is 14.1. The Bertz CT molecular complexity index is 812. The molecule has 0 fully saturated rings. The zero-order valence-corrected chi connectivity index (χ0v) is 15.9. The molecule has 3 rings (SSSR count). The van der Waals surface area contributed by atoms with Crippen molar-refractivity contribution in [1.82, 2.24) is 20.4 Å². The Morgan fingerprint density at radius 3 is 3.00 bits per heavy atom. The molecule has 152 valence electrons. The van der Waals surface area contributed by atoms with Crippen LogP contribution in [0.5, 0.6) is 11.5 Å². The van der Waals surface area contributed by atoms with Crippen molar-refractivity contribution >= 4 is 6.03 Å². The molecule has 0 saturated heterocycles. The third-order valence-corrected chi connectivity index (χ3v) is 4.63. The average Bonchev–Trinajstić information content (AvgIpc) is 3.11. The van der Waals surface area contributed by atoms with Crippen molar-refractivity contribution < 1.29 is 23.0 Å². The first-order valence-electron chi connectivity index (χ1n) is 9.19. The number of benzene rings is 1. The number of carbonyl (C=O) groups is 1. The van der Waals surface area contributed by atoms with E-state index in [9.17, 15) is 13.6 Å². The van der Waals surface area contributed by atoms with Crippen LogP contribution >= 0.6 is 0 Å². The van der Waals surface area contributed by atoms with Gasteiger partial charge in [0.1, 0.15) is 0 Å². The van der Waals surface area contributed by atoms with Crippen molar-refractivity contribution in [3.05, 3.63) is 41.2 Å². The summed E-state index contributed by atoms with van der Waals surface area (Å²) in [7, 11) is 1.69. The highest BCUT2D eigenvalue weighted by Gasteiger charge is 2.23. The fourth-order valence-electron chi connectivity index (χ4n) is 3.28. The predicted octanol–water partition coefficient (Wildman–Crippen LogP) is 3.11. The standard InChI is InChI=1S/C19H24F2N4O3/c1-3-27-17-8-12(4-7-16(17)28-18(20)21)11-25(2)19(26)23-14-5-6-15-13(9-14)10-22-24-15/h4,7-8,10,14,18H,3,5-6,9,11H2,1-2H3,(H,22,24)(H,23,26). The maximum atomic E-state index is 12.5. The van der Waals surface area contributed by atoms with Crippen molar-refractivity contribution in [2.75, 3.05) is 13.7 Å². The molecule has 0 spiro atoms. The van der Waals surface area contributed by atoms with Gasteiger partial charge in [0, 0.05) is 25.3 Å². The Morgan fingerprint density at radius 1 is 1.43 bits per heavy atom. The van der Waals surface area contributed by atoms with Gasteiger partial charge in [-0.05, 0) is 49.4 Å². The van der Waals surface area contributed by atoms with E-state index in [1.807, 2.05) is 0 Å². The van der Waals surface area contributed by atoms with Crippen LogP contribution in [0, 0.1) is 0 Å². The largest absolute Gasteiger partial charge is 0.490 e. The van der Waals surface area contributed by atoms with Crippen LogP contribution in [0.15, 0.2) is 24.4 Å². The number of aryl methyl sites for hydroxylation is 1. The number of alkyl halides is 2. The summed E-state index contributed by atoms with van der Waals surface area (Å²) < 4.78 is 34.9. The van der Waals surface area contributed by atoms with Crippen molar-refractivity contribution in [3.8, 4) is 11.5 Å². The molecule has 0 aliphatic heterocycles. The first-order chi connectivity index (χ1) is 13.5. The molecular formula is C19H24F2N4O3. The molecule has 28 heavy (non-hydrogen) atoms. The zero-order valence-electron chi connectivity index (χ0n) is 15.9. The van der Waals surface area contributed by atoms with Crippen LogP contribution in [0.3, 0.4) is 0 Å². The minimum absolute atomic E-state index is 0.0224. The summed E-state index contributed by atoms with van der Waals surface area (Å²) >= 11 is 0. The summed E-state index contributed by atoms with van der Waals surface area (Å²) in [6.07, 6.45) is 4.26. The van der Waals surface area contributed by atoms with Crippen LogP contribution in [0.2, 0.25) is 0 Å². The molecule has 0 saturated carbocycles. The van der Waals surface area contributed by atoms with E-state index in [0.717, 1.165) is 36.1 Å². The lowest BCUT2D eigenvalue weighted by Gasteiger charge is -2.26. The number of halogens is 2. The molecule has 1 aromatic heterocycles. The summed E-state index contributed by atoms with van der Waals surface area (Å²) in [5.74, 6) is 0.208. The lowest BCUT2D eigenvalue weighted by atomic mass is 9.94. The molecule has 1 unspecified atom stereocenters. The Balaban J connectivity index is 1.59. The van der Waals surface area contributed by atoms with Crippen molar-refractivity contribution in [3.63, 3.8) is 0 Å².